The zero-order valence-corrected chi connectivity index (χ0v) is 20.0. The summed E-state index contributed by atoms with van der Waals surface area (Å²) in [6, 6.07) is 13.1. The van der Waals surface area contributed by atoms with E-state index in [0.29, 0.717) is 35.1 Å². The number of carboxylic acid groups (broad SMARTS) is 1. The van der Waals surface area contributed by atoms with E-state index in [9.17, 15) is 28.8 Å². The molecule has 2 aliphatic rings. The fourth-order valence-electron chi connectivity index (χ4n) is 4.52. The molecule has 6 amide bonds. The van der Waals surface area contributed by atoms with Crippen molar-refractivity contribution in [3.63, 3.8) is 0 Å². The highest BCUT2D eigenvalue weighted by molar-refractivity contribution is 6.22. The van der Waals surface area contributed by atoms with Crippen molar-refractivity contribution < 1.29 is 33.9 Å². The van der Waals surface area contributed by atoms with Crippen molar-refractivity contribution in [1.82, 2.24) is 20.0 Å². The molecule has 0 spiro atoms. The number of imide groups is 2. The fraction of sp³-hybridized carbons (Fsp3) is 0.308. The Morgan fingerprint density at radius 1 is 0.703 bits per heavy atom. The number of carbonyl (C=O) groups excluding carboxylic acids is 5. The summed E-state index contributed by atoms with van der Waals surface area (Å²) < 4.78 is 0. The lowest BCUT2D eigenvalue weighted by Crippen LogP contribution is -2.39. The van der Waals surface area contributed by atoms with Gasteiger partial charge in [-0.25, -0.2) is 4.79 Å². The van der Waals surface area contributed by atoms with Crippen molar-refractivity contribution in [3.8, 4) is 0 Å². The van der Waals surface area contributed by atoms with E-state index in [-0.39, 0.29) is 68.7 Å². The summed E-state index contributed by atoms with van der Waals surface area (Å²) >= 11 is 0. The minimum Gasteiger partial charge on any atom is -0.465 e. The maximum Gasteiger partial charge on any atom is 0.404 e. The second-order valence-electron chi connectivity index (χ2n) is 8.68. The number of hydrogen-bond acceptors (Lipinski definition) is 6. The van der Waals surface area contributed by atoms with Gasteiger partial charge in [-0.1, -0.05) is 24.3 Å². The number of carbonyl (C=O) groups is 6. The highest BCUT2D eigenvalue weighted by atomic mass is 16.4. The Morgan fingerprint density at radius 2 is 1.08 bits per heavy atom. The number of hydrogen-bond donors (Lipinski definition) is 2. The molecule has 0 aromatic heterocycles. The molecule has 2 N–H and O–H groups in total. The zero-order chi connectivity index (χ0) is 26.5. The van der Waals surface area contributed by atoms with Crippen molar-refractivity contribution in [2.75, 3.05) is 32.7 Å². The molecule has 2 aromatic carbocycles. The van der Waals surface area contributed by atoms with Crippen LogP contribution in [-0.2, 0) is 4.79 Å². The third kappa shape index (κ3) is 5.35. The second kappa shape index (κ2) is 11.0. The van der Waals surface area contributed by atoms with E-state index in [2.05, 4.69) is 5.32 Å². The van der Waals surface area contributed by atoms with Crippen LogP contribution in [0, 0.1) is 0 Å². The molecule has 0 unspecified atom stereocenters. The first-order valence-corrected chi connectivity index (χ1v) is 11.9. The quantitative estimate of drug-likeness (QED) is 0.443. The lowest BCUT2D eigenvalue weighted by molar-refractivity contribution is -0.131. The number of nitrogens with zero attached hydrogens (tertiary/aromatic N) is 3. The van der Waals surface area contributed by atoms with Crippen LogP contribution in [0.25, 0.3) is 0 Å². The molecule has 0 atom stereocenters. The molecule has 0 bridgehead atoms. The molecule has 192 valence electrons. The molecular weight excluding hydrogens is 480 g/mol. The van der Waals surface area contributed by atoms with E-state index in [4.69, 9.17) is 5.11 Å². The van der Waals surface area contributed by atoms with Gasteiger partial charge in [0, 0.05) is 39.1 Å². The van der Waals surface area contributed by atoms with Gasteiger partial charge in [-0.05, 0) is 37.1 Å². The lowest BCUT2D eigenvalue weighted by Gasteiger charge is -2.25. The SMILES string of the molecule is O=C(O)NCCC(=O)N(CCCN1C(=O)c2ccccc2C1=O)CCCN1C(=O)c2ccccc2C1=O. The smallest absolute Gasteiger partial charge is 0.404 e. The Kier molecular flexibility index (Phi) is 7.61. The molecule has 2 aliphatic heterocycles. The second-order valence-corrected chi connectivity index (χ2v) is 8.68. The van der Waals surface area contributed by atoms with Crippen LogP contribution in [0.1, 0.15) is 60.7 Å². The molecule has 4 rings (SSSR count). The van der Waals surface area contributed by atoms with Crippen molar-refractivity contribution in [2.45, 2.75) is 19.3 Å². The molecule has 0 saturated carbocycles. The molecule has 0 saturated heterocycles. The zero-order valence-electron chi connectivity index (χ0n) is 20.0. The van der Waals surface area contributed by atoms with Crippen molar-refractivity contribution in [3.05, 3.63) is 70.8 Å². The number of nitrogens with one attached hydrogen (secondary N) is 1. The van der Waals surface area contributed by atoms with Crippen molar-refractivity contribution in [2.24, 2.45) is 0 Å². The van der Waals surface area contributed by atoms with Crippen LogP contribution in [0.3, 0.4) is 0 Å². The van der Waals surface area contributed by atoms with Crippen molar-refractivity contribution >= 4 is 35.6 Å². The minimum absolute atomic E-state index is 0.0680. The van der Waals surface area contributed by atoms with E-state index in [1.54, 1.807) is 48.5 Å². The van der Waals surface area contributed by atoms with Gasteiger partial charge in [0.15, 0.2) is 0 Å². The predicted octanol–water partition coefficient (Wildman–Crippen LogP) is 1.85. The Labute approximate surface area is 212 Å². The largest absolute Gasteiger partial charge is 0.465 e. The maximum absolute atomic E-state index is 12.8. The topological polar surface area (TPSA) is 144 Å². The van der Waals surface area contributed by atoms with E-state index in [1.807, 2.05) is 0 Å². The van der Waals surface area contributed by atoms with Crippen molar-refractivity contribution in [1.29, 1.82) is 0 Å². The third-order valence-electron chi connectivity index (χ3n) is 6.34. The summed E-state index contributed by atoms with van der Waals surface area (Å²) in [5.41, 5.74) is 1.39. The molecule has 0 fully saturated rings. The Morgan fingerprint density at radius 3 is 1.43 bits per heavy atom. The predicted molar refractivity (Wildman–Crippen MR) is 130 cm³/mol. The van der Waals surface area contributed by atoms with Crippen LogP contribution in [0.2, 0.25) is 0 Å². The molecule has 0 radical (unpaired) electrons. The Hall–Kier alpha value is -4.54. The summed E-state index contributed by atoms with van der Waals surface area (Å²) in [4.78, 5) is 77.7. The molecule has 0 aliphatic carbocycles. The standard InChI is InChI=1S/C26H26N4O7/c31-21(11-12-27-26(36)37)28(13-5-15-29-22(32)17-7-1-2-8-18(17)23(29)33)14-6-16-30-24(34)19-9-3-4-10-20(19)25(30)35/h1-4,7-10,27H,5-6,11-16H2,(H,36,37). The number of amides is 6. The normalized spacial score (nSPS) is 14.2. The van der Waals surface area contributed by atoms with Crippen LogP contribution in [0.5, 0.6) is 0 Å². The van der Waals surface area contributed by atoms with Gasteiger partial charge >= 0.3 is 6.09 Å². The molecule has 11 nitrogen and oxygen atoms in total. The highest BCUT2D eigenvalue weighted by Gasteiger charge is 2.36. The first kappa shape index (κ1) is 25.5. The van der Waals surface area contributed by atoms with Gasteiger partial charge in [0.1, 0.15) is 0 Å². The van der Waals surface area contributed by atoms with Gasteiger partial charge in [-0.15, -0.1) is 0 Å². The molecule has 2 aromatic rings. The Bertz CT molecular complexity index is 1120. The maximum atomic E-state index is 12.8. The molecule has 37 heavy (non-hydrogen) atoms. The molecule has 2 heterocycles. The van der Waals surface area contributed by atoms with E-state index in [0.717, 1.165) is 9.80 Å². The summed E-state index contributed by atoms with van der Waals surface area (Å²) in [5, 5.41) is 10.9. The number of fused-ring (bicyclic) bond motifs is 2. The highest BCUT2D eigenvalue weighted by Crippen LogP contribution is 2.23. The summed E-state index contributed by atoms with van der Waals surface area (Å²) in [6.07, 6.45) is -0.685. The van der Waals surface area contributed by atoms with Crippen LogP contribution >= 0.6 is 0 Å². The fourth-order valence-corrected chi connectivity index (χ4v) is 4.52. The number of rotatable bonds is 11. The van der Waals surface area contributed by atoms with Crippen LogP contribution in [-0.4, -0.2) is 88.2 Å². The van der Waals surface area contributed by atoms with E-state index in [1.165, 1.54) is 4.90 Å². The van der Waals surface area contributed by atoms with Gasteiger partial charge in [-0.3, -0.25) is 33.8 Å². The summed E-state index contributed by atoms with van der Waals surface area (Å²) in [7, 11) is 0. The van der Waals surface area contributed by atoms with Crippen LogP contribution in [0.4, 0.5) is 4.79 Å². The van der Waals surface area contributed by atoms with E-state index >= 15 is 0 Å². The van der Waals surface area contributed by atoms with Gasteiger partial charge < -0.3 is 15.3 Å². The van der Waals surface area contributed by atoms with Gasteiger partial charge in [0.05, 0.1) is 22.3 Å². The summed E-state index contributed by atoms with van der Waals surface area (Å²) in [6.45, 7) is 0.578. The van der Waals surface area contributed by atoms with Gasteiger partial charge in [0.25, 0.3) is 23.6 Å². The average molecular weight is 507 g/mol. The monoisotopic (exact) mass is 506 g/mol. The van der Waals surface area contributed by atoms with Crippen LogP contribution in [0.15, 0.2) is 48.5 Å². The Balaban J connectivity index is 1.34. The number of benzene rings is 2. The third-order valence-corrected chi connectivity index (χ3v) is 6.34. The minimum atomic E-state index is -1.24. The van der Waals surface area contributed by atoms with Gasteiger partial charge in [-0.2, -0.15) is 0 Å². The summed E-state index contributed by atoms with van der Waals surface area (Å²) in [5.74, 6) is -1.84. The van der Waals surface area contributed by atoms with E-state index < -0.39 is 6.09 Å². The van der Waals surface area contributed by atoms with Gasteiger partial charge in [0.2, 0.25) is 5.91 Å². The first-order valence-electron chi connectivity index (χ1n) is 11.9. The molecule has 11 heteroatoms. The lowest BCUT2D eigenvalue weighted by atomic mass is 10.1. The molecular formula is C26H26N4O7. The average Bonchev–Trinajstić information content (AvgIpc) is 3.28. The van der Waals surface area contributed by atoms with Crippen LogP contribution < -0.4 is 5.32 Å². The first-order chi connectivity index (χ1) is 17.8.